The van der Waals surface area contributed by atoms with Crippen LogP contribution in [0.15, 0.2) is 0 Å². The van der Waals surface area contributed by atoms with Crippen molar-refractivity contribution in [3.63, 3.8) is 0 Å². The van der Waals surface area contributed by atoms with E-state index in [9.17, 15) is 9.59 Å². The van der Waals surface area contributed by atoms with Crippen molar-refractivity contribution in [3.05, 3.63) is 0 Å². The van der Waals surface area contributed by atoms with Gasteiger partial charge in [0.1, 0.15) is 0 Å². The lowest BCUT2D eigenvalue weighted by atomic mass is 10.2. The Bertz CT molecular complexity index is 175. The first-order valence-electron chi connectivity index (χ1n) is 4.07. The van der Waals surface area contributed by atoms with E-state index in [0.717, 1.165) is 0 Å². The second-order valence-electron chi connectivity index (χ2n) is 3.35. The molecule has 0 aliphatic carbocycles. The zero-order chi connectivity index (χ0) is 10.4. The first kappa shape index (κ1) is 11.9. The van der Waals surface area contributed by atoms with Gasteiger partial charge in [0.2, 0.25) is 0 Å². The summed E-state index contributed by atoms with van der Waals surface area (Å²) in [5.41, 5.74) is 0. The highest BCUT2D eigenvalue weighted by Crippen LogP contribution is 1.97. The molecule has 0 fully saturated rings. The summed E-state index contributed by atoms with van der Waals surface area (Å²) in [4.78, 5) is 22.1. The third-order valence-corrected chi connectivity index (χ3v) is 1.34. The van der Waals surface area contributed by atoms with Gasteiger partial charge in [-0.2, -0.15) is 0 Å². The van der Waals surface area contributed by atoms with Gasteiger partial charge in [0.25, 0.3) is 0 Å². The summed E-state index contributed by atoms with van der Waals surface area (Å²) in [5, 5.41) is 17.0. The van der Waals surface area contributed by atoms with Crippen LogP contribution in [-0.2, 0) is 9.59 Å². The summed E-state index contributed by atoms with van der Waals surface area (Å²) in [6.07, 6.45) is 0. The molecular weight excluding hydrogens is 174 g/mol. The normalized spacial score (nSPS) is 10.8. The predicted octanol–water partition coefficient (Wildman–Crippen LogP) is 0.114. The largest absolute Gasteiger partial charge is 0.480 e. The van der Waals surface area contributed by atoms with Gasteiger partial charge >= 0.3 is 11.9 Å². The van der Waals surface area contributed by atoms with Crippen LogP contribution in [0.1, 0.15) is 13.8 Å². The molecule has 0 saturated heterocycles. The van der Waals surface area contributed by atoms with Crippen molar-refractivity contribution in [1.29, 1.82) is 0 Å². The Morgan fingerprint density at radius 2 is 1.54 bits per heavy atom. The summed E-state index contributed by atoms with van der Waals surface area (Å²) in [6, 6.07) is 0. The summed E-state index contributed by atoms with van der Waals surface area (Å²) < 4.78 is 0. The molecule has 0 heterocycles. The molecule has 0 aromatic rings. The van der Waals surface area contributed by atoms with E-state index in [1.807, 2.05) is 13.8 Å². The number of aliphatic carboxylic acids is 2. The van der Waals surface area contributed by atoms with Crippen molar-refractivity contribution in [1.82, 2.24) is 4.90 Å². The fraction of sp³-hybridized carbons (Fsp3) is 0.750. The molecule has 0 aromatic carbocycles. The quantitative estimate of drug-likeness (QED) is 0.620. The number of carboxylic acids is 2. The van der Waals surface area contributed by atoms with E-state index in [-0.39, 0.29) is 19.0 Å². The lowest BCUT2D eigenvalue weighted by molar-refractivity contribution is -0.141. The second-order valence-corrected chi connectivity index (χ2v) is 3.35. The third kappa shape index (κ3) is 7.27. The van der Waals surface area contributed by atoms with Crippen LogP contribution in [0.2, 0.25) is 0 Å². The van der Waals surface area contributed by atoms with E-state index in [1.165, 1.54) is 4.90 Å². The van der Waals surface area contributed by atoms with Crippen molar-refractivity contribution in [2.24, 2.45) is 5.92 Å². The molecule has 0 aromatic heterocycles. The monoisotopic (exact) mass is 189 g/mol. The number of hydrogen-bond donors (Lipinski definition) is 2. The topological polar surface area (TPSA) is 77.8 Å². The minimum atomic E-state index is -0.998. The van der Waals surface area contributed by atoms with Crippen molar-refractivity contribution < 1.29 is 19.8 Å². The van der Waals surface area contributed by atoms with Crippen LogP contribution in [0.4, 0.5) is 0 Å². The second kappa shape index (κ2) is 5.53. The van der Waals surface area contributed by atoms with Crippen LogP contribution in [0.3, 0.4) is 0 Å². The molecule has 76 valence electrons. The zero-order valence-electron chi connectivity index (χ0n) is 7.86. The van der Waals surface area contributed by atoms with Gasteiger partial charge < -0.3 is 10.2 Å². The third-order valence-electron chi connectivity index (χ3n) is 1.34. The molecule has 0 radical (unpaired) electrons. The maximum Gasteiger partial charge on any atom is 0.317 e. The Labute approximate surface area is 77.0 Å². The standard InChI is InChI=1S/C8H15NO4/c1-6(2)3-9(4-7(10)11)5-8(12)13/h6H,3-5H2,1-2H3,(H,10,11)(H,12,13). The Balaban J connectivity index is 4.02. The number of hydrogen-bond acceptors (Lipinski definition) is 3. The Kier molecular flexibility index (Phi) is 5.06. The van der Waals surface area contributed by atoms with Gasteiger partial charge in [-0.25, -0.2) is 0 Å². The van der Waals surface area contributed by atoms with Gasteiger partial charge in [0.05, 0.1) is 13.1 Å². The molecular formula is C8H15NO4. The highest BCUT2D eigenvalue weighted by Gasteiger charge is 2.13. The summed E-state index contributed by atoms with van der Waals surface area (Å²) >= 11 is 0. The van der Waals surface area contributed by atoms with Gasteiger partial charge in [-0.3, -0.25) is 14.5 Å². The van der Waals surface area contributed by atoms with E-state index < -0.39 is 11.9 Å². The molecule has 2 N–H and O–H groups in total. The molecule has 0 saturated carbocycles. The first-order valence-corrected chi connectivity index (χ1v) is 4.07. The molecule has 0 aliphatic heterocycles. The lowest BCUT2D eigenvalue weighted by Crippen LogP contribution is -2.36. The Morgan fingerprint density at radius 3 is 1.77 bits per heavy atom. The van der Waals surface area contributed by atoms with Gasteiger partial charge in [-0.15, -0.1) is 0 Å². The fourth-order valence-electron chi connectivity index (χ4n) is 1.08. The van der Waals surface area contributed by atoms with Crippen molar-refractivity contribution in [3.8, 4) is 0 Å². The van der Waals surface area contributed by atoms with Gasteiger partial charge in [-0.1, -0.05) is 13.8 Å². The molecule has 0 aliphatic rings. The molecule has 5 nitrogen and oxygen atoms in total. The molecule has 5 heteroatoms. The molecule has 0 bridgehead atoms. The van der Waals surface area contributed by atoms with E-state index in [4.69, 9.17) is 10.2 Å². The molecule has 0 rings (SSSR count). The van der Waals surface area contributed by atoms with Crippen LogP contribution < -0.4 is 0 Å². The molecule has 0 atom stereocenters. The highest BCUT2D eigenvalue weighted by atomic mass is 16.4. The van der Waals surface area contributed by atoms with Crippen molar-refractivity contribution in [2.75, 3.05) is 19.6 Å². The number of carbonyl (C=O) groups is 2. The van der Waals surface area contributed by atoms with E-state index >= 15 is 0 Å². The number of rotatable bonds is 6. The first-order chi connectivity index (χ1) is 5.91. The molecule has 0 amide bonds. The van der Waals surface area contributed by atoms with Crippen LogP contribution >= 0.6 is 0 Å². The van der Waals surface area contributed by atoms with Crippen LogP contribution in [0, 0.1) is 5.92 Å². The van der Waals surface area contributed by atoms with Crippen LogP contribution in [-0.4, -0.2) is 46.7 Å². The van der Waals surface area contributed by atoms with Gasteiger partial charge in [0.15, 0.2) is 0 Å². The van der Waals surface area contributed by atoms with E-state index in [2.05, 4.69) is 0 Å². The van der Waals surface area contributed by atoms with Gasteiger partial charge in [-0.05, 0) is 5.92 Å². The zero-order valence-corrected chi connectivity index (χ0v) is 7.86. The molecule has 0 unspecified atom stereocenters. The highest BCUT2D eigenvalue weighted by molar-refractivity contribution is 5.72. The fourth-order valence-corrected chi connectivity index (χ4v) is 1.08. The molecule has 0 spiro atoms. The Hall–Kier alpha value is -1.10. The summed E-state index contributed by atoms with van der Waals surface area (Å²) in [5.74, 6) is -1.73. The maximum absolute atomic E-state index is 10.3. The predicted molar refractivity (Wildman–Crippen MR) is 46.5 cm³/mol. The number of nitrogens with zero attached hydrogens (tertiary/aromatic N) is 1. The average molecular weight is 189 g/mol. The SMILES string of the molecule is CC(C)CN(CC(=O)O)CC(=O)O. The summed E-state index contributed by atoms with van der Waals surface area (Å²) in [6.45, 7) is 3.88. The van der Waals surface area contributed by atoms with Crippen molar-refractivity contribution >= 4 is 11.9 Å². The van der Waals surface area contributed by atoms with Crippen LogP contribution in [0.25, 0.3) is 0 Å². The van der Waals surface area contributed by atoms with Crippen molar-refractivity contribution in [2.45, 2.75) is 13.8 Å². The van der Waals surface area contributed by atoms with Crippen LogP contribution in [0.5, 0.6) is 0 Å². The number of carboxylic acid groups (broad SMARTS) is 2. The van der Waals surface area contributed by atoms with Gasteiger partial charge in [0, 0.05) is 6.54 Å². The molecule has 13 heavy (non-hydrogen) atoms. The maximum atomic E-state index is 10.3. The minimum absolute atomic E-state index is 0.218. The minimum Gasteiger partial charge on any atom is -0.480 e. The van der Waals surface area contributed by atoms with E-state index in [1.54, 1.807) is 0 Å². The smallest absolute Gasteiger partial charge is 0.317 e. The summed E-state index contributed by atoms with van der Waals surface area (Å²) in [7, 11) is 0. The van der Waals surface area contributed by atoms with E-state index in [0.29, 0.717) is 6.54 Å². The average Bonchev–Trinajstić information content (AvgIpc) is 1.80. The Morgan fingerprint density at radius 1 is 1.15 bits per heavy atom. The lowest BCUT2D eigenvalue weighted by Gasteiger charge is -2.19.